The molecule has 0 saturated heterocycles. The highest BCUT2D eigenvalue weighted by atomic mass is 79.9. The molecule has 0 heterocycles. The SMILES string of the molecule is COC(=O)CC(C)S(=O)Cc1cc(Br)ccc1OC. The van der Waals surface area contributed by atoms with Gasteiger partial charge in [0.25, 0.3) is 0 Å². The van der Waals surface area contributed by atoms with E-state index in [4.69, 9.17) is 4.74 Å². The molecule has 106 valence electrons. The summed E-state index contributed by atoms with van der Waals surface area (Å²) in [4.78, 5) is 11.2. The second-order valence-corrected chi connectivity index (χ2v) is 6.84. The molecule has 0 aromatic heterocycles. The zero-order chi connectivity index (χ0) is 14.4. The first kappa shape index (κ1) is 16.2. The van der Waals surface area contributed by atoms with E-state index in [9.17, 15) is 9.00 Å². The average Bonchev–Trinajstić information content (AvgIpc) is 2.38. The summed E-state index contributed by atoms with van der Waals surface area (Å²) in [5, 5.41) is -0.254. The van der Waals surface area contributed by atoms with Gasteiger partial charge in [-0.05, 0) is 18.2 Å². The third-order valence-corrected chi connectivity index (χ3v) is 4.82. The molecule has 0 aliphatic carbocycles. The Balaban J connectivity index is 2.76. The number of benzene rings is 1. The van der Waals surface area contributed by atoms with Crippen LogP contribution in [0.5, 0.6) is 5.75 Å². The lowest BCUT2D eigenvalue weighted by molar-refractivity contribution is -0.140. The van der Waals surface area contributed by atoms with Gasteiger partial charge in [0.15, 0.2) is 0 Å². The van der Waals surface area contributed by atoms with Crippen LogP contribution in [0.4, 0.5) is 0 Å². The summed E-state index contributed by atoms with van der Waals surface area (Å²) in [6, 6.07) is 5.56. The summed E-state index contributed by atoms with van der Waals surface area (Å²) in [5.41, 5.74) is 0.854. The van der Waals surface area contributed by atoms with Crippen molar-refractivity contribution in [3.8, 4) is 5.75 Å². The highest BCUT2D eigenvalue weighted by Gasteiger charge is 2.18. The Labute approximate surface area is 124 Å². The van der Waals surface area contributed by atoms with Gasteiger partial charge in [-0.15, -0.1) is 0 Å². The van der Waals surface area contributed by atoms with E-state index in [0.717, 1.165) is 10.0 Å². The maximum atomic E-state index is 12.2. The van der Waals surface area contributed by atoms with E-state index in [1.165, 1.54) is 7.11 Å². The van der Waals surface area contributed by atoms with E-state index in [2.05, 4.69) is 20.7 Å². The second-order valence-electron chi connectivity index (χ2n) is 4.07. The summed E-state index contributed by atoms with van der Waals surface area (Å²) in [6.45, 7) is 1.78. The number of esters is 1. The van der Waals surface area contributed by atoms with Gasteiger partial charge in [-0.2, -0.15) is 0 Å². The fourth-order valence-electron chi connectivity index (χ4n) is 1.57. The number of ether oxygens (including phenoxy) is 2. The van der Waals surface area contributed by atoms with Gasteiger partial charge in [0.2, 0.25) is 0 Å². The van der Waals surface area contributed by atoms with Gasteiger partial charge in [-0.3, -0.25) is 9.00 Å². The Morgan fingerprint density at radius 3 is 2.68 bits per heavy atom. The summed E-state index contributed by atoms with van der Waals surface area (Å²) in [6.07, 6.45) is 0.152. The predicted octanol–water partition coefficient (Wildman–Crippen LogP) is 2.66. The monoisotopic (exact) mass is 348 g/mol. The van der Waals surface area contributed by atoms with Gasteiger partial charge in [0.1, 0.15) is 5.75 Å². The van der Waals surface area contributed by atoms with Crippen LogP contribution in [0.3, 0.4) is 0 Å². The molecule has 0 N–H and O–H groups in total. The largest absolute Gasteiger partial charge is 0.496 e. The summed E-state index contributed by atoms with van der Waals surface area (Å²) >= 11 is 3.38. The molecular weight excluding hydrogens is 332 g/mol. The Kier molecular flexibility index (Phi) is 6.51. The first-order valence-corrected chi connectivity index (χ1v) is 7.91. The average molecular weight is 349 g/mol. The van der Waals surface area contributed by atoms with E-state index in [1.54, 1.807) is 14.0 Å². The van der Waals surface area contributed by atoms with Crippen LogP contribution in [0.2, 0.25) is 0 Å². The van der Waals surface area contributed by atoms with E-state index in [0.29, 0.717) is 11.5 Å². The maximum absolute atomic E-state index is 12.2. The molecule has 0 fully saturated rings. The van der Waals surface area contributed by atoms with Crippen molar-refractivity contribution < 1.29 is 18.5 Å². The number of hydrogen-bond donors (Lipinski definition) is 0. The smallest absolute Gasteiger partial charge is 0.306 e. The van der Waals surface area contributed by atoms with Crippen molar-refractivity contribution in [2.24, 2.45) is 0 Å². The molecule has 2 atom stereocenters. The van der Waals surface area contributed by atoms with Crippen molar-refractivity contribution in [1.82, 2.24) is 0 Å². The molecule has 4 nitrogen and oxygen atoms in total. The van der Waals surface area contributed by atoms with Crippen molar-refractivity contribution in [1.29, 1.82) is 0 Å². The Morgan fingerprint density at radius 2 is 2.11 bits per heavy atom. The lowest BCUT2D eigenvalue weighted by atomic mass is 10.2. The van der Waals surface area contributed by atoms with Crippen molar-refractivity contribution >= 4 is 32.7 Å². The van der Waals surface area contributed by atoms with Gasteiger partial charge in [-0.1, -0.05) is 22.9 Å². The van der Waals surface area contributed by atoms with Crippen molar-refractivity contribution in [2.45, 2.75) is 24.3 Å². The lowest BCUT2D eigenvalue weighted by Crippen LogP contribution is -2.18. The molecule has 0 bridgehead atoms. The highest BCUT2D eigenvalue weighted by Crippen LogP contribution is 2.25. The van der Waals surface area contributed by atoms with E-state index in [-0.39, 0.29) is 17.6 Å². The number of carbonyl (C=O) groups is 1. The van der Waals surface area contributed by atoms with Crippen molar-refractivity contribution in [3.05, 3.63) is 28.2 Å². The lowest BCUT2D eigenvalue weighted by Gasteiger charge is -2.12. The minimum atomic E-state index is -1.16. The normalized spacial score (nSPS) is 13.7. The van der Waals surface area contributed by atoms with Crippen LogP contribution in [0, 0.1) is 0 Å². The van der Waals surface area contributed by atoms with Crippen LogP contribution in [0.15, 0.2) is 22.7 Å². The van der Waals surface area contributed by atoms with Gasteiger partial charge in [-0.25, -0.2) is 0 Å². The van der Waals surface area contributed by atoms with Gasteiger partial charge in [0, 0.05) is 26.1 Å². The molecular formula is C13H17BrO4S. The number of hydrogen-bond acceptors (Lipinski definition) is 4. The molecule has 0 aliphatic heterocycles. The molecule has 0 aliphatic rings. The standard InChI is InChI=1S/C13H17BrO4S/c1-9(6-13(15)18-3)19(16)8-10-7-11(14)4-5-12(10)17-2/h4-5,7,9H,6,8H2,1-3H3. The first-order valence-electron chi connectivity index (χ1n) is 5.74. The molecule has 1 aromatic rings. The molecule has 0 amide bonds. The van der Waals surface area contributed by atoms with Crippen LogP contribution in [-0.4, -0.2) is 29.6 Å². The fraction of sp³-hybridized carbons (Fsp3) is 0.462. The Morgan fingerprint density at radius 1 is 1.42 bits per heavy atom. The third kappa shape index (κ3) is 4.95. The fourth-order valence-corrected chi connectivity index (χ4v) is 3.11. The quantitative estimate of drug-likeness (QED) is 0.741. The van der Waals surface area contributed by atoms with Crippen LogP contribution >= 0.6 is 15.9 Å². The topological polar surface area (TPSA) is 52.6 Å². The molecule has 0 radical (unpaired) electrons. The van der Waals surface area contributed by atoms with E-state index < -0.39 is 10.8 Å². The maximum Gasteiger partial charge on any atom is 0.306 e. The van der Waals surface area contributed by atoms with Gasteiger partial charge < -0.3 is 9.47 Å². The van der Waals surface area contributed by atoms with Crippen LogP contribution in [0.1, 0.15) is 18.9 Å². The molecule has 2 unspecified atom stereocenters. The molecule has 0 saturated carbocycles. The van der Waals surface area contributed by atoms with Crippen molar-refractivity contribution in [3.63, 3.8) is 0 Å². The zero-order valence-corrected chi connectivity index (χ0v) is 13.5. The summed E-state index contributed by atoms with van der Waals surface area (Å²) in [7, 11) is 1.75. The van der Waals surface area contributed by atoms with Gasteiger partial charge in [0.05, 0.1) is 26.4 Å². The second kappa shape index (κ2) is 7.65. The Bertz CT molecular complexity index is 476. The third-order valence-electron chi connectivity index (χ3n) is 2.67. The molecule has 6 heteroatoms. The number of halogens is 1. The Hall–Kier alpha value is -0.880. The van der Waals surface area contributed by atoms with Crippen LogP contribution < -0.4 is 4.74 Å². The first-order chi connectivity index (χ1) is 8.97. The van der Waals surface area contributed by atoms with Crippen LogP contribution in [-0.2, 0) is 26.1 Å². The van der Waals surface area contributed by atoms with E-state index in [1.807, 2.05) is 18.2 Å². The highest BCUT2D eigenvalue weighted by molar-refractivity contribution is 9.10. The minimum absolute atomic E-state index is 0.152. The summed E-state index contributed by atoms with van der Waals surface area (Å²) < 4.78 is 22.9. The molecule has 1 aromatic carbocycles. The van der Waals surface area contributed by atoms with E-state index >= 15 is 0 Å². The van der Waals surface area contributed by atoms with Gasteiger partial charge >= 0.3 is 5.97 Å². The number of methoxy groups -OCH3 is 2. The molecule has 0 spiro atoms. The zero-order valence-electron chi connectivity index (χ0n) is 11.1. The number of rotatable bonds is 6. The van der Waals surface area contributed by atoms with Crippen LogP contribution in [0.25, 0.3) is 0 Å². The predicted molar refractivity (Wildman–Crippen MR) is 78.6 cm³/mol. The minimum Gasteiger partial charge on any atom is -0.496 e. The summed E-state index contributed by atoms with van der Waals surface area (Å²) in [5.74, 6) is 0.699. The molecule has 1 rings (SSSR count). The molecule has 19 heavy (non-hydrogen) atoms. The van der Waals surface area contributed by atoms with Crippen molar-refractivity contribution in [2.75, 3.05) is 14.2 Å². The number of carbonyl (C=O) groups excluding carboxylic acids is 1.